The summed E-state index contributed by atoms with van der Waals surface area (Å²) in [6.07, 6.45) is 1.23. The van der Waals surface area contributed by atoms with Crippen LogP contribution in [0.1, 0.15) is 20.3 Å². The molecule has 1 rings (SSSR count). The first kappa shape index (κ1) is 7.98. The molecule has 0 aromatic heterocycles. The average molecular weight is 145 g/mol. The number of hydroxylamine groups is 1. The minimum atomic E-state index is 0.361. The topological polar surface area (TPSA) is 30.5 Å². The minimum Gasteiger partial charge on any atom is -0.354 e. The molecule has 0 aliphatic heterocycles. The van der Waals surface area contributed by atoms with Crippen LogP contribution in [0.25, 0.3) is 0 Å². The van der Waals surface area contributed by atoms with Crippen LogP contribution < -0.4 is 5.48 Å². The maximum atomic E-state index is 5.00. The molecule has 1 aliphatic carbocycles. The van der Waals surface area contributed by atoms with Crippen LogP contribution in [0.5, 0.6) is 0 Å². The van der Waals surface area contributed by atoms with Crippen LogP contribution in [0, 0.1) is 5.92 Å². The molecule has 0 heterocycles. The molecule has 0 bridgehead atoms. The van der Waals surface area contributed by atoms with E-state index in [-0.39, 0.29) is 0 Å². The summed E-state index contributed by atoms with van der Waals surface area (Å²) < 4.78 is 4.96. The Balaban J connectivity index is 1.78. The molecule has 10 heavy (non-hydrogen) atoms. The third-order valence-corrected chi connectivity index (χ3v) is 1.69. The van der Waals surface area contributed by atoms with Gasteiger partial charge in [-0.2, -0.15) is 5.48 Å². The van der Waals surface area contributed by atoms with E-state index < -0.39 is 0 Å². The van der Waals surface area contributed by atoms with Crippen LogP contribution in [-0.2, 0) is 9.57 Å². The van der Waals surface area contributed by atoms with Crippen LogP contribution >= 0.6 is 0 Å². The van der Waals surface area contributed by atoms with Crippen LogP contribution in [0.15, 0.2) is 0 Å². The van der Waals surface area contributed by atoms with E-state index >= 15 is 0 Å². The van der Waals surface area contributed by atoms with E-state index in [4.69, 9.17) is 9.57 Å². The van der Waals surface area contributed by atoms with E-state index in [0.717, 1.165) is 5.92 Å². The highest BCUT2D eigenvalue weighted by Crippen LogP contribution is 2.28. The third-order valence-electron chi connectivity index (χ3n) is 1.69. The zero-order valence-corrected chi connectivity index (χ0v) is 6.59. The van der Waals surface area contributed by atoms with Crippen LogP contribution in [0.2, 0.25) is 0 Å². The molecule has 2 atom stereocenters. The standard InChI is InChI=1S/C7H15NO2/c1-3-9-5-10-8-7-4-6(7)2/h6-8H,3-5H2,1-2H3. The average Bonchev–Trinajstić information content (AvgIpc) is 2.60. The molecule has 3 heteroatoms. The van der Waals surface area contributed by atoms with E-state index in [1.807, 2.05) is 6.92 Å². The Hall–Kier alpha value is -0.120. The minimum absolute atomic E-state index is 0.361. The zero-order chi connectivity index (χ0) is 7.40. The van der Waals surface area contributed by atoms with Gasteiger partial charge in [0.25, 0.3) is 0 Å². The highest BCUT2D eigenvalue weighted by atomic mass is 16.8. The second-order valence-electron chi connectivity index (χ2n) is 2.69. The van der Waals surface area contributed by atoms with Crippen molar-refractivity contribution in [2.75, 3.05) is 13.4 Å². The summed E-state index contributed by atoms with van der Waals surface area (Å²) in [6, 6.07) is 0.570. The fraction of sp³-hybridized carbons (Fsp3) is 1.00. The summed E-state index contributed by atoms with van der Waals surface area (Å²) in [5, 5.41) is 0. The molecule has 1 N–H and O–H groups in total. The lowest BCUT2D eigenvalue weighted by Gasteiger charge is -2.03. The van der Waals surface area contributed by atoms with Gasteiger partial charge in [-0.25, -0.2) is 0 Å². The van der Waals surface area contributed by atoms with Crippen LogP contribution in [-0.4, -0.2) is 19.4 Å². The number of hydrogen-bond donors (Lipinski definition) is 1. The largest absolute Gasteiger partial charge is 0.354 e. The van der Waals surface area contributed by atoms with Crippen molar-refractivity contribution in [1.29, 1.82) is 0 Å². The molecule has 0 saturated heterocycles. The monoisotopic (exact) mass is 145 g/mol. The van der Waals surface area contributed by atoms with E-state index in [2.05, 4.69) is 12.4 Å². The Labute approximate surface area is 61.7 Å². The van der Waals surface area contributed by atoms with Gasteiger partial charge >= 0.3 is 0 Å². The van der Waals surface area contributed by atoms with Crippen LogP contribution in [0.4, 0.5) is 0 Å². The Morgan fingerprint density at radius 2 is 2.30 bits per heavy atom. The predicted molar refractivity (Wildman–Crippen MR) is 38.3 cm³/mol. The molecule has 3 nitrogen and oxygen atoms in total. The lowest BCUT2D eigenvalue weighted by atomic mass is 10.5. The molecule has 1 saturated carbocycles. The highest BCUT2D eigenvalue weighted by molar-refractivity contribution is 4.86. The van der Waals surface area contributed by atoms with Crippen molar-refractivity contribution in [3.8, 4) is 0 Å². The molecule has 60 valence electrons. The lowest BCUT2D eigenvalue weighted by Crippen LogP contribution is -2.20. The maximum absolute atomic E-state index is 5.00. The molecule has 2 unspecified atom stereocenters. The zero-order valence-electron chi connectivity index (χ0n) is 6.59. The van der Waals surface area contributed by atoms with Gasteiger partial charge in [0.05, 0.1) is 0 Å². The summed E-state index contributed by atoms with van der Waals surface area (Å²) in [5.41, 5.74) is 2.92. The van der Waals surface area contributed by atoms with Crippen LogP contribution in [0.3, 0.4) is 0 Å². The van der Waals surface area contributed by atoms with Gasteiger partial charge in [0.1, 0.15) is 0 Å². The van der Waals surface area contributed by atoms with E-state index in [1.165, 1.54) is 6.42 Å². The molecular formula is C7H15NO2. The first-order valence-corrected chi connectivity index (χ1v) is 3.79. The fourth-order valence-electron chi connectivity index (χ4n) is 0.752. The Bertz CT molecular complexity index is 97.6. The molecule has 1 fully saturated rings. The molecule has 1 aliphatic rings. The van der Waals surface area contributed by atoms with E-state index in [0.29, 0.717) is 19.4 Å². The van der Waals surface area contributed by atoms with Crippen molar-refractivity contribution < 1.29 is 9.57 Å². The normalized spacial score (nSPS) is 30.6. The second-order valence-corrected chi connectivity index (χ2v) is 2.69. The predicted octanol–water partition coefficient (Wildman–Crippen LogP) is 0.910. The smallest absolute Gasteiger partial charge is 0.166 e. The Morgan fingerprint density at radius 1 is 1.60 bits per heavy atom. The molecule has 0 radical (unpaired) electrons. The number of hydrogen-bond acceptors (Lipinski definition) is 3. The van der Waals surface area contributed by atoms with Crippen molar-refractivity contribution in [2.45, 2.75) is 26.3 Å². The second kappa shape index (κ2) is 3.91. The Morgan fingerprint density at radius 3 is 2.80 bits per heavy atom. The maximum Gasteiger partial charge on any atom is 0.166 e. The number of rotatable bonds is 5. The van der Waals surface area contributed by atoms with Gasteiger partial charge in [0.15, 0.2) is 6.79 Å². The molecular weight excluding hydrogens is 130 g/mol. The number of ether oxygens (including phenoxy) is 1. The molecule has 0 amide bonds. The molecule has 0 aromatic carbocycles. The van der Waals surface area contributed by atoms with Gasteiger partial charge in [0.2, 0.25) is 0 Å². The SMILES string of the molecule is CCOCONC1CC1C. The summed E-state index contributed by atoms with van der Waals surface area (Å²) in [7, 11) is 0. The van der Waals surface area contributed by atoms with Crippen molar-refractivity contribution in [3.63, 3.8) is 0 Å². The van der Waals surface area contributed by atoms with Crippen molar-refractivity contribution in [3.05, 3.63) is 0 Å². The Kier molecular flexibility index (Phi) is 3.12. The molecule has 0 aromatic rings. The van der Waals surface area contributed by atoms with Crippen molar-refractivity contribution >= 4 is 0 Å². The summed E-state index contributed by atoms with van der Waals surface area (Å²) in [6.45, 7) is 5.21. The van der Waals surface area contributed by atoms with Gasteiger partial charge in [-0.05, 0) is 19.3 Å². The first-order chi connectivity index (χ1) is 4.84. The van der Waals surface area contributed by atoms with Gasteiger partial charge in [-0.1, -0.05) is 6.92 Å². The summed E-state index contributed by atoms with van der Waals surface area (Å²) in [5.74, 6) is 0.779. The van der Waals surface area contributed by atoms with E-state index in [9.17, 15) is 0 Å². The molecule has 0 spiro atoms. The van der Waals surface area contributed by atoms with Crippen molar-refractivity contribution in [1.82, 2.24) is 5.48 Å². The number of nitrogens with one attached hydrogen (secondary N) is 1. The first-order valence-electron chi connectivity index (χ1n) is 3.79. The highest BCUT2D eigenvalue weighted by Gasteiger charge is 2.32. The fourth-order valence-corrected chi connectivity index (χ4v) is 0.752. The van der Waals surface area contributed by atoms with Gasteiger partial charge < -0.3 is 4.74 Å². The summed E-state index contributed by atoms with van der Waals surface area (Å²) >= 11 is 0. The van der Waals surface area contributed by atoms with Gasteiger partial charge in [0, 0.05) is 12.6 Å². The van der Waals surface area contributed by atoms with Gasteiger partial charge in [-0.3, -0.25) is 4.84 Å². The third kappa shape index (κ3) is 2.64. The van der Waals surface area contributed by atoms with E-state index in [1.54, 1.807) is 0 Å². The van der Waals surface area contributed by atoms with Gasteiger partial charge in [-0.15, -0.1) is 0 Å². The quantitative estimate of drug-likeness (QED) is 0.354. The summed E-state index contributed by atoms with van der Waals surface area (Å²) in [4.78, 5) is 5.00. The lowest BCUT2D eigenvalue weighted by molar-refractivity contribution is -0.0990. The van der Waals surface area contributed by atoms with Crippen molar-refractivity contribution in [2.24, 2.45) is 5.92 Å².